The molecule has 2 rings (SSSR count). The minimum atomic E-state index is -0.312. The van der Waals surface area contributed by atoms with E-state index in [1.165, 1.54) is 0 Å². The van der Waals surface area contributed by atoms with Gasteiger partial charge in [-0.05, 0) is 25.3 Å². The van der Waals surface area contributed by atoms with E-state index in [0.717, 1.165) is 19.4 Å². The molecule has 2 heterocycles. The number of hydrogen-bond acceptors (Lipinski definition) is 3. The lowest BCUT2D eigenvalue weighted by molar-refractivity contribution is -0.123. The summed E-state index contributed by atoms with van der Waals surface area (Å²) in [6.45, 7) is 4.85. The summed E-state index contributed by atoms with van der Waals surface area (Å²) < 4.78 is 0. The smallest absolute Gasteiger partial charge is 0.297 e. The van der Waals surface area contributed by atoms with Crippen molar-refractivity contribution >= 4 is 11.9 Å². The van der Waals surface area contributed by atoms with Gasteiger partial charge in [0, 0.05) is 0 Å². The first-order valence-corrected chi connectivity index (χ1v) is 5.48. The lowest BCUT2D eigenvalue weighted by atomic mass is 10.0. The fourth-order valence-electron chi connectivity index (χ4n) is 2.36. The summed E-state index contributed by atoms with van der Waals surface area (Å²) >= 11 is 0. The van der Waals surface area contributed by atoms with Gasteiger partial charge in [0.2, 0.25) is 0 Å². The van der Waals surface area contributed by atoms with Gasteiger partial charge in [0.1, 0.15) is 6.04 Å². The van der Waals surface area contributed by atoms with Crippen LogP contribution in [0.15, 0.2) is 0 Å². The van der Waals surface area contributed by atoms with Crippen molar-refractivity contribution < 1.29 is 9.59 Å². The monoisotopic (exact) mass is 211 g/mol. The zero-order valence-corrected chi connectivity index (χ0v) is 9.12. The van der Waals surface area contributed by atoms with Gasteiger partial charge >= 0.3 is 6.03 Å². The molecule has 2 N–H and O–H groups in total. The Bertz CT molecular complexity index is 284. The van der Waals surface area contributed by atoms with Crippen LogP contribution < -0.4 is 10.6 Å². The van der Waals surface area contributed by atoms with E-state index in [4.69, 9.17) is 0 Å². The maximum Gasteiger partial charge on any atom is 0.326 e. The van der Waals surface area contributed by atoms with Crippen molar-refractivity contribution in [1.82, 2.24) is 15.5 Å². The summed E-state index contributed by atoms with van der Waals surface area (Å²) in [5.41, 5.74) is 0. The highest BCUT2D eigenvalue weighted by Crippen LogP contribution is 2.22. The number of imide groups is 1. The third-order valence-corrected chi connectivity index (χ3v) is 3.03. The van der Waals surface area contributed by atoms with Crippen LogP contribution in [0.25, 0.3) is 0 Å². The summed E-state index contributed by atoms with van der Waals surface area (Å²) in [6.07, 6.45) is 2.03. The van der Waals surface area contributed by atoms with Crippen molar-refractivity contribution in [3.8, 4) is 0 Å². The van der Waals surface area contributed by atoms with E-state index in [2.05, 4.69) is 10.6 Å². The SMILES string of the molecule is CC(C)C1C(=O)NC(=O)N1C1CCCN1. The molecule has 0 aromatic heterocycles. The van der Waals surface area contributed by atoms with E-state index in [-0.39, 0.29) is 30.1 Å². The first kappa shape index (κ1) is 10.4. The molecule has 5 heteroatoms. The number of carbonyl (C=O) groups excluding carboxylic acids is 2. The van der Waals surface area contributed by atoms with Gasteiger partial charge in [0.25, 0.3) is 5.91 Å². The molecule has 2 aliphatic rings. The molecular weight excluding hydrogens is 194 g/mol. The Morgan fingerprint density at radius 3 is 2.67 bits per heavy atom. The van der Waals surface area contributed by atoms with Gasteiger partial charge in [0.15, 0.2) is 0 Å². The van der Waals surface area contributed by atoms with Crippen molar-refractivity contribution in [2.45, 2.75) is 38.9 Å². The number of nitrogens with one attached hydrogen (secondary N) is 2. The summed E-state index contributed by atoms with van der Waals surface area (Å²) in [4.78, 5) is 24.9. The molecule has 2 aliphatic heterocycles. The molecule has 0 aliphatic carbocycles. The second kappa shape index (κ2) is 3.81. The normalized spacial score (nSPS) is 31.5. The number of nitrogens with zero attached hydrogens (tertiary/aromatic N) is 1. The van der Waals surface area contributed by atoms with Gasteiger partial charge in [-0.15, -0.1) is 0 Å². The zero-order chi connectivity index (χ0) is 11.0. The van der Waals surface area contributed by atoms with Crippen LogP contribution in [-0.4, -0.2) is 35.6 Å². The molecule has 0 aromatic carbocycles. The van der Waals surface area contributed by atoms with Gasteiger partial charge in [-0.2, -0.15) is 0 Å². The number of urea groups is 1. The Hall–Kier alpha value is -1.10. The Labute approximate surface area is 89.2 Å². The molecular formula is C10H17N3O2. The summed E-state index contributed by atoms with van der Waals surface area (Å²) in [7, 11) is 0. The van der Waals surface area contributed by atoms with Crippen molar-refractivity contribution in [2.24, 2.45) is 5.92 Å². The highest BCUT2D eigenvalue weighted by Gasteiger charge is 2.44. The van der Waals surface area contributed by atoms with Gasteiger partial charge in [0.05, 0.1) is 6.17 Å². The summed E-state index contributed by atoms with van der Waals surface area (Å²) in [5.74, 6) is -0.0115. The van der Waals surface area contributed by atoms with E-state index in [1.807, 2.05) is 13.8 Å². The van der Waals surface area contributed by atoms with E-state index in [1.54, 1.807) is 4.90 Å². The average Bonchev–Trinajstić information content (AvgIpc) is 2.71. The van der Waals surface area contributed by atoms with Crippen LogP contribution in [-0.2, 0) is 4.79 Å². The third kappa shape index (κ3) is 1.71. The van der Waals surface area contributed by atoms with Crippen LogP contribution in [0.5, 0.6) is 0 Å². The topological polar surface area (TPSA) is 61.4 Å². The maximum atomic E-state index is 11.6. The van der Waals surface area contributed by atoms with Crippen molar-refractivity contribution in [1.29, 1.82) is 0 Å². The molecule has 0 saturated carbocycles. The van der Waals surface area contributed by atoms with Crippen LogP contribution in [0.2, 0.25) is 0 Å². The average molecular weight is 211 g/mol. The molecule has 2 fully saturated rings. The van der Waals surface area contributed by atoms with Crippen LogP contribution in [0, 0.1) is 5.92 Å². The minimum Gasteiger partial charge on any atom is -0.297 e. The number of rotatable bonds is 2. The van der Waals surface area contributed by atoms with Crippen molar-refractivity contribution in [2.75, 3.05) is 6.54 Å². The fourth-order valence-corrected chi connectivity index (χ4v) is 2.36. The lowest BCUT2D eigenvalue weighted by Gasteiger charge is -2.30. The fraction of sp³-hybridized carbons (Fsp3) is 0.800. The first-order chi connectivity index (χ1) is 7.11. The molecule has 0 aromatic rings. The Morgan fingerprint density at radius 1 is 1.40 bits per heavy atom. The first-order valence-electron chi connectivity index (χ1n) is 5.48. The predicted molar refractivity (Wildman–Crippen MR) is 55.0 cm³/mol. The predicted octanol–water partition coefficient (Wildman–Crippen LogP) is 0.272. The quantitative estimate of drug-likeness (QED) is 0.645. The molecule has 5 nitrogen and oxygen atoms in total. The molecule has 0 radical (unpaired) electrons. The van der Waals surface area contributed by atoms with Crippen LogP contribution in [0.3, 0.4) is 0 Å². The van der Waals surface area contributed by atoms with E-state index < -0.39 is 0 Å². The molecule has 3 amide bonds. The minimum absolute atomic E-state index is 0.0313. The van der Waals surface area contributed by atoms with Gasteiger partial charge in [-0.25, -0.2) is 4.79 Å². The van der Waals surface area contributed by atoms with Crippen LogP contribution >= 0.6 is 0 Å². The maximum absolute atomic E-state index is 11.6. The van der Waals surface area contributed by atoms with Gasteiger partial charge in [-0.1, -0.05) is 13.8 Å². The third-order valence-electron chi connectivity index (χ3n) is 3.03. The van der Waals surface area contributed by atoms with Gasteiger partial charge in [-0.3, -0.25) is 20.3 Å². The standard InChI is InChI=1S/C10H17N3O2/c1-6(2)8-9(14)12-10(15)13(8)7-4-3-5-11-7/h6-8,11H,3-5H2,1-2H3,(H,12,14,15). The molecule has 2 atom stereocenters. The Balaban J connectivity index is 2.18. The largest absolute Gasteiger partial charge is 0.326 e. The Morgan fingerprint density at radius 2 is 2.13 bits per heavy atom. The second-order valence-electron chi connectivity index (χ2n) is 4.50. The molecule has 15 heavy (non-hydrogen) atoms. The number of carbonyl (C=O) groups is 2. The van der Waals surface area contributed by atoms with Crippen molar-refractivity contribution in [3.05, 3.63) is 0 Å². The van der Waals surface area contributed by atoms with E-state index in [9.17, 15) is 9.59 Å². The highest BCUT2D eigenvalue weighted by atomic mass is 16.2. The number of hydrogen-bond donors (Lipinski definition) is 2. The van der Waals surface area contributed by atoms with Crippen LogP contribution in [0.4, 0.5) is 4.79 Å². The van der Waals surface area contributed by atoms with Crippen molar-refractivity contribution in [3.63, 3.8) is 0 Å². The number of amides is 3. The second-order valence-corrected chi connectivity index (χ2v) is 4.50. The van der Waals surface area contributed by atoms with E-state index >= 15 is 0 Å². The Kier molecular flexibility index (Phi) is 2.65. The lowest BCUT2D eigenvalue weighted by Crippen LogP contribution is -2.49. The molecule has 2 unspecified atom stereocenters. The summed E-state index contributed by atoms with van der Waals surface area (Å²) in [6, 6.07) is -0.564. The van der Waals surface area contributed by atoms with Crippen LogP contribution in [0.1, 0.15) is 26.7 Å². The molecule has 0 spiro atoms. The molecule has 2 saturated heterocycles. The molecule has 84 valence electrons. The molecule has 0 bridgehead atoms. The zero-order valence-electron chi connectivity index (χ0n) is 9.12. The highest BCUT2D eigenvalue weighted by molar-refractivity contribution is 6.04. The van der Waals surface area contributed by atoms with Gasteiger partial charge < -0.3 is 0 Å². The van der Waals surface area contributed by atoms with E-state index in [0.29, 0.717) is 0 Å². The summed E-state index contributed by atoms with van der Waals surface area (Å²) in [5, 5.41) is 5.63.